The van der Waals surface area contributed by atoms with E-state index in [2.05, 4.69) is 16.0 Å². The molecule has 0 N–H and O–H groups in total. The van der Waals surface area contributed by atoms with E-state index in [0.717, 1.165) is 40.6 Å². The van der Waals surface area contributed by atoms with Gasteiger partial charge in [-0.3, -0.25) is 9.78 Å². The summed E-state index contributed by atoms with van der Waals surface area (Å²) >= 11 is 6.11. The summed E-state index contributed by atoms with van der Waals surface area (Å²) in [5.74, 6) is 0.0390. The van der Waals surface area contributed by atoms with Crippen LogP contribution in [0, 0.1) is 6.92 Å². The van der Waals surface area contributed by atoms with Gasteiger partial charge in [-0.1, -0.05) is 48.0 Å². The third kappa shape index (κ3) is 4.72. The van der Waals surface area contributed by atoms with Crippen molar-refractivity contribution in [2.45, 2.75) is 6.92 Å². The van der Waals surface area contributed by atoms with Crippen molar-refractivity contribution in [2.75, 3.05) is 31.1 Å². The molecule has 2 aromatic carbocycles. The van der Waals surface area contributed by atoms with Crippen LogP contribution >= 0.6 is 24.0 Å². The molecule has 3 aromatic rings. The van der Waals surface area contributed by atoms with Gasteiger partial charge in [-0.2, -0.15) is 0 Å². The first-order valence-corrected chi connectivity index (χ1v) is 9.81. The highest BCUT2D eigenvalue weighted by Crippen LogP contribution is 2.26. The van der Waals surface area contributed by atoms with E-state index < -0.39 is 0 Å². The zero-order valence-corrected chi connectivity index (χ0v) is 17.8. The van der Waals surface area contributed by atoms with Gasteiger partial charge >= 0.3 is 0 Å². The first-order chi connectivity index (χ1) is 13.6. The van der Waals surface area contributed by atoms with Gasteiger partial charge in [0.05, 0.1) is 5.56 Å². The highest BCUT2D eigenvalue weighted by atomic mass is 35.5. The van der Waals surface area contributed by atoms with Gasteiger partial charge in [0.1, 0.15) is 0 Å². The second-order valence-corrected chi connectivity index (χ2v) is 7.43. The lowest BCUT2D eigenvalue weighted by Crippen LogP contribution is -2.48. The number of hydrogen-bond acceptors (Lipinski definition) is 3. The molecule has 0 aliphatic carbocycles. The number of aryl methyl sites for hydroxylation is 1. The Morgan fingerprint density at radius 2 is 1.69 bits per heavy atom. The number of benzene rings is 2. The molecule has 0 radical (unpaired) electrons. The number of anilines is 1. The molecule has 0 saturated carbocycles. The highest BCUT2D eigenvalue weighted by molar-refractivity contribution is 6.30. The first kappa shape index (κ1) is 21.2. The Kier molecular flexibility index (Phi) is 6.78. The zero-order chi connectivity index (χ0) is 19.5. The maximum Gasteiger partial charge on any atom is 0.256 e. The van der Waals surface area contributed by atoms with E-state index in [1.807, 2.05) is 66.4 Å². The van der Waals surface area contributed by atoms with Crippen LogP contribution in [-0.2, 0) is 0 Å². The van der Waals surface area contributed by atoms with Crippen LogP contribution < -0.4 is 4.90 Å². The molecular weight excluding hydrogens is 405 g/mol. The lowest BCUT2D eigenvalue weighted by Gasteiger charge is -2.36. The molecule has 1 aliphatic rings. The van der Waals surface area contributed by atoms with Gasteiger partial charge in [0.2, 0.25) is 0 Å². The molecule has 4 rings (SSSR count). The van der Waals surface area contributed by atoms with Crippen molar-refractivity contribution in [3.8, 4) is 11.1 Å². The van der Waals surface area contributed by atoms with Crippen molar-refractivity contribution in [3.63, 3.8) is 0 Å². The van der Waals surface area contributed by atoms with Gasteiger partial charge in [0.25, 0.3) is 5.91 Å². The minimum atomic E-state index is 0. The van der Waals surface area contributed by atoms with Crippen molar-refractivity contribution in [1.29, 1.82) is 0 Å². The minimum Gasteiger partial charge on any atom is -0.368 e. The minimum absolute atomic E-state index is 0. The van der Waals surface area contributed by atoms with Gasteiger partial charge in [-0.15, -0.1) is 12.4 Å². The maximum absolute atomic E-state index is 13.2. The van der Waals surface area contributed by atoms with Crippen molar-refractivity contribution >= 4 is 35.6 Å². The summed E-state index contributed by atoms with van der Waals surface area (Å²) in [7, 11) is 0. The third-order valence-corrected chi connectivity index (χ3v) is 5.33. The molecule has 1 aromatic heterocycles. The van der Waals surface area contributed by atoms with E-state index >= 15 is 0 Å². The second kappa shape index (κ2) is 9.29. The Morgan fingerprint density at radius 1 is 0.966 bits per heavy atom. The number of hydrogen-bond donors (Lipinski definition) is 0. The molecule has 0 atom stereocenters. The topological polar surface area (TPSA) is 36.4 Å². The van der Waals surface area contributed by atoms with Crippen LogP contribution in [0.2, 0.25) is 5.02 Å². The summed E-state index contributed by atoms with van der Waals surface area (Å²) in [6, 6.07) is 19.9. The van der Waals surface area contributed by atoms with E-state index in [1.54, 1.807) is 6.20 Å². The summed E-state index contributed by atoms with van der Waals surface area (Å²) in [5, 5.41) is 0.731. The average molecular weight is 428 g/mol. The lowest BCUT2D eigenvalue weighted by atomic mass is 9.99. The smallest absolute Gasteiger partial charge is 0.256 e. The van der Waals surface area contributed by atoms with Gasteiger partial charge in [-0.25, -0.2) is 0 Å². The molecule has 0 unspecified atom stereocenters. The summed E-state index contributed by atoms with van der Waals surface area (Å²) in [5.41, 5.74) is 4.64. The van der Waals surface area contributed by atoms with Crippen LogP contribution in [-0.4, -0.2) is 42.0 Å². The molecular formula is C23H23Cl2N3O. The van der Waals surface area contributed by atoms with Crippen molar-refractivity contribution < 1.29 is 4.79 Å². The Labute approximate surface area is 182 Å². The van der Waals surface area contributed by atoms with Gasteiger partial charge < -0.3 is 9.80 Å². The number of rotatable bonds is 3. The maximum atomic E-state index is 13.2. The van der Waals surface area contributed by atoms with E-state index in [4.69, 9.17) is 11.6 Å². The predicted molar refractivity (Wildman–Crippen MR) is 121 cm³/mol. The molecule has 2 heterocycles. The van der Waals surface area contributed by atoms with E-state index in [-0.39, 0.29) is 18.3 Å². The first-order valence-electron chi connectivity index (χ1n) is 9.44. The van der Waals surface area contributed by atoms with Crippen LogP contribution in [0.25, 0.3) is 11.1 Å². The Bertz CT molecular complexity index is 986. The molecule has 1 amide bonds. The molecule has 29 heavy (non-hydrogen) atoms. The Balaban J connectivity index is 0.00000240. The number of pyridine rings is 1. The van der Waals surface area contributed by atoms with E-state index in [9.17, 15) is 4.79 Å². The molecule has 150 valence electrons. The standard InChI is InChI=1S/C23H22ClN3O.ClH/c1-17-14-21(18-6-3-2-4-7-18)22(16-25-17)23(28)27-12-10-26(11-13-27)20-9-5-8-19(24)15-20;/h2-9,14-16H,10-13H2,1H3;1H. The van der Waals surface area contributed by atoms with E-state index in [0.29, 0.717) is 18.7 Å². The van der Waals surface area contributed by atoms with Crippen LogP contribution in [0.15, 0.2) is 66.9 Å². The second-order valence-electron chi connectivity index (χ2n) is 7.00. The fourth-order valence-electron chi connectivity index (χ4n) is 3.60. The number of aromatic nitrogens is 1. The predicted octanol–water partition coefficient (Wildman–Crippen LogP) is 5.09. The lowest BCUT2D eigenvalue weighted by molar-refractivity contribution is 0.0747. The summed E-state index contributed by atoms with van der Waals surface area (Å²) in [4.78, 5) is 21.8. The van der Waals surface area contributed by atoms with Crippen molar-refractivity contribution in [2.24, 2.45) is 0 Å². The fourth-order valence-corrected chi connectivity index (χ4v) is 3.78. The van der Waals surface area contributed by atoms with E-state index in [1.165, 1.54) is 0 Å². The molecule has 0 bridgehead atoms. The zero-order valence-electron chi connectivity index (χ0n) is 16.2. The largest absolute Gasteiger partial charge is 0.368 e. The number of nitrogens with zero attached hydrogens (tertiary/aromatic N) is 3. The fraction of sp³-hybridized carbons (Fsp3) is 0.217. The molecule has 6 heteroatoms. The van der Waals surface area contributed by atoms with Gasteiger partial charge in [0.15, 0.2) is 0 Å². The summed E-state index contributed by atoms with van der Waals surface area (Å²) in [6.07, 6.45) is 1.71. The van der Waals surface area contributed by atoms with Crippen molar-refractivity contribution in [1.82, 2.24) is 9.88 Å². The summed E-state index contributed by atoms with van der Waals surface area (Å²) in [6.45, 7) is 4.86. The highest BCUT2D eigenvalue weighted by Gasteiger charge is 2.24. The van der Waals surface area contributed by atoms with Gasteiger partial charge in [-0.05, 0) is 42.3 Å². The van der Waals surface area contributed by atoms with Crippen LogP contribution in [0.1, 0.15) is 16.1 Å². The van der Waals surface area contributed by atoms with Crippen molar-refractivity contribution in [3.05, 3.63) is 83.1 Å². The Morgan fingerprint density at radius 3 is 2.38 bits per heavy atom. The average Bonchev–Trinajstić information content (AvgIpc) is 2.74. The molecule has 1 aliphatic heterocycles. The van der Waals surface area contributed by atoms with Crippen LogP contribution in [0.3, 0.4) is 0 Å². The SMILES string of the molecule is Cc1cc(-c2ccccc2)c(C(=O)N2CCN(c3cccc(Cl)c3)CC2)cn1.Cl. The Hall–Kier alpha value is -2.56. The normalized spacial score (nSPS) is 13.7. The van der Waals surface area contributed by atoms with Crippen LogP contribution in [0.4, 0.5) is 5.69 Å². The number of carbonyl (C=O) groups is 1. The third-order valence-electron chi connectivity index (χ3n) is 5.10. The molecule has 1 saturated heterocycles. The molecule has 0 spiro atoms. The molecule has 1 fully saturated rings. The van der Waals surface area contributed by atoms with Crippen LogP contribution in [0.5, 0.6) is 0 Å². The molecule has 4 nitrogen and oxygen atoms in total. The quantitative estimate of drug-likeness (QED) is 0.583. The number of amides is 1. The summed E-state index contributed by atoms with van der Waals surface area (Å²) < 4.78 is 0. The monoisotopic (exact) mass is 427 g/mol. The number of carbonyl (C=O) groups excluding carboxylic acids is 1. The number of piperazine rings is 1. The number of halogens is 2. The van der Waals surface area contributed by atoms with Gasteiger partial charge in [0, 0.05) is 48.8 Å².